The number of rotatable bonds is 2. The SMILES string of the molecule is Cc1ccnc(-c2ccc(N)nc2-c2ccncc2)c1. The first-order valence-corrected chi connectivity index (χ1v) is 6.34. The Morgan fingerprint density at radius 2 is 1.75 bits per heavy atom. The van der Waals surface area contributed by atoms with E-state index in [9.17, 15) is 0 Å². The average Bonchev–Trinajstić information content (AvgIpc) is 2.48. The van der Waals surface area contributed by atoms with E-state index in [1.165, 1.54) is 0 Å². The molecule has 0 fully saturated rings. The number of aryl methyl sites for hydroxylation is 1. The Morgan fingerprint density at radius 3 is 2.50 bits per heavy atom. The summed E-state index contributed by atoms with van der Waals surface area (Å²) in [5.74, 6) is 0.494. The molecule has 0 saturated heterocycles. The second-order valence-corrected chi connectivity index (χ2v) is 4.59. The van der Waals surface area contributed by atoms with Gasteiger partial charge in [0.15, 0.2) is 0 Å². The molecule has 3 heterocycles. The summed E-state index contributed by atoms with van der Waals surface area (Å²) in [4.78, 5) is 12.9. The van der Waals surface area contributed by atoms with Crippen molar-refractivity contribution < 1.29 is 0 Å². The van der Waals surface area contributed by atoms with Crippen molar-refractivity contribution in [1.29, 1.82) is 0 Å². The van der Waals surface area contributed by atoms with Gasteiger partial charge in [-0.2, -0.15) is 0 Å². The first-order chi connectivity index (χ1) is 9.74. The Morgan fingerprint density at radius 1 is 0.950 bits per heavy atom. The maximum absolute atomic E-state index is 5.83. The van der Waals surface area contributed by atoms with Gasteiger partial charge in [0.25, 0.3) is 0 Å². The van der Waals surface area contributed by atoms with Crippen molar-refractivity contribution in [3.8, 4) is 22.5 Å². The minimum absolute atomic E-state index is 0.494. The molecule has 0 saturated carbocycles. The molecule has 0 aliphatic rings. The van der Waals surface area contributed by atoms with Crippen molar-refractivity contribution in [3.05, 3.63) is 60.6 Å². The van der Waals surface area contributed by atoms with Gasteiger partial charge in [0.05, 0.1) is 11.4 Å². The smallest absolute Gasteiger partial charge is 0.124 e. The average molecular weight is 262 g/mol. The molecular formula is C16H14N4. The highest BCUT2D eigenvalue weighted by molar-refractivity contribution is 5.79. The predicted molar refractivity (Wildman–Crippen MR) is 79.8 cm³/mol. The summed E-state index contributed by atoms with van der Waals surface area (Å²) < 4.78 is 0. The molecule has 0 spiro atoms. The number of nitrogens with two attached hydrogens (primary N) is 1. The van der Waals surface area contributed by atoms with E-state index in [2.05, 4.69) is 15.0 Å². The van der Waals surface area contributed by atoms with E-state index in [0.29, 0.717) is 5.82 Å². The van der Waals surface area contributed by atoms with Gasteiger partial charge in [0.1, 0.15) is 5.82 Å². The number of pyridine rings is 3. The van der Waals surface area contributed by atoms with E-state index in [4.69, 9.17) is 5.73 Å². The lowest BCUT2D eigenvalue weighted by Gasteiger charge is -2.09. The van der Waals surface area contributed by atoms with E-state index in [1.54, 1.807) is 24.7 Å². The molecule has 0 radical (unpaired) electrons. The van der Waals surface area contributed by atoms with Crippen molar-refractivity contribution >= 4 is 5.82 Å². The van der Waals surface area contributed by atoms with Crippen LogP contribution in [0.15, 0.2) is 55.0 Å². The molecule has 0 aliphatic heterocycles. The second-order valence-electron chi connectivity index (χ2n) is 4.59. The van der Waals surface area contributed by atoms with E-state index >= 15 is 0 Å². The fourth-order valence-electron chi connectivity index (χ4n) is 2.09. The number of hydrogen-bond donors (Lipinski definition) is 1. The molecule has 3 rings (SSSR count). The molecule has 0 atom stereocenters. The van der Waals surface area contributed by atoms with Crippen LogP contribution in [0, 0.1) is 6.92 Å². The van der Waals surface area contributed by atoms with E-state index < -0.39 is 0 Å². The van der Waals surface area contributed by atoms with Crippen LogP contribution in [0.25, 0.3) is 22.5 Å². The monoisotopic (exact) mass is 262 g/mol. The van der Waals surface area contributed by atoms with Crippen LogP contribution >= 0.6 is 0 Å². The van der Waals surface area contributed by atoms with Crippen molar-refractivity contribution in [2.75, 3.05) is 5.73 Å². The van der Waals surface area contributed by atoms with Crippen LogP contribution in [-0.4, -0.2) is 15.0 Å². The Labute approximate surface area is 117 Å². The molecular weight excluding hydrogens is 248 g/mol. The molecule has 98 valence electrons. The summed E-state index contributed by atoms with van der Waals surface area (Å²) in [5, 5.41) is 0. The van der Waals surface area contributed by atoms with Crippen LogP contribution in [0.4, 0.5) is 5.82 Å². The third kappa shape index (κ3) is 2.36. The van der Waals surface area contributed by atoms with E-state index in [-0.39, 0.29) is 0 Å². The second kappa shape index (κ2) is 5.09. The fourth-order valence-corrected chi connectivity index (χ4v) is 2.09. The molecule has 4 heteroatoms. The van der Waals surface area contributed by atoms with Crippen molar-refractivity contribution in [3.63, 3.8) is 0 Å². The Hall–Kier alpha value is -2.75. The molecule has 2 N–H and O–H groups in total. The number of nitrogens with zero attached hydrogens (tertiary/aromatic N) is 3. The summed E-state index contributed by atoms with van der Waals surface area (Å²) in [5.41, 5.74) is 10.6. The number of aromatic nitrogens is 3. The minimum Gasteiger partial charge on any atom is -0.384 e. The Balaban J connectivity index is 2.22. The summed E-state index contributed by atoms with van der Waals surface area (Å²) in [6.07, 6.45) is 5.29. The van der Waals surface area contributed by atoms with Crippen LogP contribution in [0.5, 0.6) is 0 Å². The fraction of sp³-hybridized carbons (Fsp3) is 0.0625. The zero-order valence-corrected chi connectivity index (χ0v) is 11.1. The van der Waals surface area contributed by atoms with Crippen LogP contribution in [0.1, 0.15) is 5.56 Å². The number of nitrogen functional groups attached to an aromatic ring is 1. The molecule has 3 aromatic rings. The largest absolute Gasteiger partial charge is 0.384 e. The lowest BCUT2D eigenvalue weighted by molar-refractivity contribution is 1.25. The maximum atomic E-state index is 5.83. The lowest BCUT2D eigenvalue weighted by atomic mass is 10.0. The van der Waals surface area contributed by atoms with Crippen LogP contribution in [-0.2, 0) is 0 Å². The van der Waals surface area contributed by atoms with Crippen molar-refractivity contribution in [2.45, 2.75) is 6.92 Å². The van der Waals surface area contributed by atoms with Gasteiger partial charge in [-0.3, -0.25) is 9.97 Å². The van der Waals surface area contributed by atoms with E-state index in [1.807, 2.05) is 37.3 Å². The zero-order chi connectivity index (χ0) is 13.9. The Kier molecular flexibility index (Phi) is 3.13. The standard InChI is InChI=1S/C16H14N4/c1-11-4-9-19-14(10-11)13-2-3-15(17)20-16(13)12-5-7-18-8-6-12/h2-10H,1H3,(H2,17,20). The maximum Gasteiger partial charge on any atom is 0.124 e. The van der Waals surface area contributed by atoms with Gasteiger partial charge in [0.2, 0.25) is 0 Å². The van der Waals surface area contributed by atoms with Gasteiger partial charge in [-0.25, -0.2) is 4.98 Å². The molecule has 0 amide bonds. The van der Waals surface area contributed by atoms with Crippen molar-refractivity contribution in [2.24, 2.45) is 0 Å². The summed E-state index contributed by atoms with van der Waals surface area (Å²) in [7, 11) is 0. The molecule has 4 nitrogen and oxygen atoms in total. The topological polar surface area (TPSA) is 64.7 Å². The molecule has 0 aromatic carbocycles. The highest BCUT2D eigenvalue weighted by Crippen LogP contribution is 2.30. The van der Waals surface area contributed by atoms with E-state index in [0.717, 1.165) is 28.1 Å². The normalized spacial score (nSPS) is 10.4. The predicted octanol–water partition coefficient (Wildman–Crippen LogP) is 3.10. The summed E-state index contributed by atoms with van der Waals surface area (Å²) >= 11 is 0. The lowest BCUT2D eigenvalue weighted by Crippen LogP contribution is -1.96. The van der Waals surface area contributed by atoms with Gasteiger partial charge in [-0.1, -0.05) is 0 Å². The Bertz CT molecular complexity index is 738. The van der Waals surface area contributed by atoms with Crippen LogP contribution < -0.4 is 5.73 Å². The van der Waals surface area contributed by atoms with Crippen LogP contribution in [0.3, 0.4) is 0 Å². The number of hydrogen-bond acceptors (Lipinski definition) is 4. The van der Waals surface area contributed by atoms with Gasteiger partial charge < -0.3 is 5.73 Å². The minimum atomic E-state index is 0.494. The number of anilines is 1. The third-order valence-corrected chi connectivity index (χ3v) is 3.06. The molecule has 0 unspecified atom stereocenters. The highest BCUT2D eigenvalue weighted by Gasteiger charge is 2.10. The molecule has 0 aliphatic carbocycles. The highest BCUT2D eigenvalue weighted by atomic mass is 14.8. The summed E-state index contributed by atoms with van der Waals surface area (Å²) in [6.45, 7) is 2.04. The first-order valence-electron chi connectivity index (χ1n) is 6.34. The van der Waals surface area contributed by atoms with Gasteiger partial charge >= 0.3 is 0 Å². The zero-order valence-electron chi connectivity index (χ0n) is 11.1. The van der Waals surface area contributed by atoms with Gasteiger partial charge in [-0.05, 0) is 48.9 Å². The summed E-state index contributed by atoms with van der Waals surface area (Å²) in [6, 6.07) is 11.6. The van der Waals surface area contributed by atoms with Crippen LogP contribution in [0.2, 0.25) is 0 Å². The first kappa shape index (κ1) is 12.3. The van der Waals surface area contributed by atoms with Gasteiger partial charge in [-0.15, -0.1) is 0 Å². The van der Waals surface area contributed by atoms with Crippen molar-refractivity contribution in [1.82, 2.24) is 15.0 Å². The molecule has 0 bridgehead atoms. The third-order valence-electron chi connectivity index (χ3n) is 3.06. The molecule has 20 heavy (non-hydrogen) atoms. The van der Waals surface area contributed by atoms with Gasteiger partial charge in [0, 0.05) is 29.7 Å². The quantitative estimate of drug-likeness (QED) is 0.770. The molecule has 3 aromatic heterocycles.